The van der Waals surface area contributed by atoms with Gasteiger partial charge in [0, 0.05) is 12.6 Å². The molecule has 0 spiro atoms. The first kappa shape index (κ1) is 18.0. The van der Waals surface area contributed by atoms with Crippen LogP contribution in [0, 0.1) is 5.82 Å². The second-order valence-corrected chi connectivity index (χ2v) is 6.46. The molecule has 0 radical (unpaired) electrons. The fraction of sp³-hybridized carbons (Fsp3) is 0.444. The fourth-order valence-corrected chi connectivity index (χ4v) is 3.09. The number of nitrogens with zero attached hydrogens (tertiary/aromatic N) is 3. The van der Waals surface area contributed by atoms with Gasteiger partial charge in [-0.1, -0.05) is 31.4 Å². The van der Waals surface area contributed by atoms with Gasteiger partial charge >= 0.3 is 0 Å². The molecule has 8 heteroatoms. The van der Waals surface area contributed by atoms with Crippen LogP contribution in [0.3, 0.4) is 0 Å². The summed E-state index contributed by atoms with van der Waals surface area (Å²) in [6.45, 7) is 0.0810. The summed E-state index contributed by atoms with van der Waals surface area (Å²) in [5.41, 5.74) is 0.659. The summed E-state index contributed by atoms with van der Waals surface area (Å²) < 4.78 is 14.4. The van der Waals surface area contributed by atoms with E-state index in [1.54, 1.807) is 12.1 Å². The molecule has 0 atom stereocenters. The van der Waals surface area contributed by atoms with Crippen molar-refractivity contribution in [3.63, 3.8) is 0 Å². The van der Waals surface area contributed by atoms with Gasteiger partial charge in [-0.05, 0) is 30.5 Å². The van der Waals surface area contributed by atoms with Gasteiger partial charge in [0.2, 0.25) is 11.7 Å². The molecule has 0 bridgehead atoms. The van der Waals surface area contributed by atoms with Crippen LogP contribution in [-0.4, -0.2) is 32.6 Å². The van der Waals surface area contributed by atoms with Crippen molar-refractivity contribution in [3.8, 4) is 0 Å². The molecule has 1 saturated carbocycles. The van der Waals surface area contributed by atoms with E-state index in [4.69, 9.17) is 0 Å². The number of amides is 2. The molecule has 26 heavy (non-hydrogen) atoms. The lowest BCUT2D eigenvalue weighted by Crippen LogP contribution is -2.38. The summed E-state index contributed by atoms with van der Waals surface area (Å²) in [4.78, 5) is 28.5. The first-order valence-corrected chi connectivity index (χ1v) is 8.81. The zero-order chi connectivity index (χ0) is 18.4. The minimum atomic E-state index is -0.352. The highest BCUT2D eigenvalue weighted by Gasteiger charge is 2.21. The van der Waals surface area contributed by atoms with E-state index in [1.807, 2.05) is 0 Å². The zero-order valence-electron chi connectivity index (χ0n) is 14.4. The molecule has 3 rings (SSSR count). The van der Waals surface area contributed by atoms with Gasteiger partial charge in [0.25, 0.3) is 5.91 Å². The Balaban J connectivity index is 1.54. The van der Waals surface area contributed by atoms with Crippen molar-refractivity contribution >= 4 is 11.8 Å². The number of aromatic nitrogens is 3. The van der Waals surface area contributed by atoms with Crippen LogP contribution in [0.1, 0.15) is 48.3 Å². The first-order chi connectivity index (χ1) is 12.6. The minimum absolute atomic E-state index is 0.122. The third-order valence-electron chi connectivity index (χ3n) is 4.43. The molecule has 0 saturated heterocycles. The summed E-state index contributed by atoms with van der Waals surface area (Å²) >= 11 is 0. The van der Waals surface area contributed by atoms with Gasteiger partial charge in [-0.15, -0.1) is 0 Å². The number of hydrogen-bond donors (Lipinski definition) is 2. The molecule has 7 nitrogen and oxygen atoms in total. The summed E-state index contributed by atoms with van der Waals surface area (Å²) in [5, 5.41) is 9.61. The molecule has 2 N–H and O–H groups in total. The van der Waals surface area contributed by atoms with Crippen LogP contribution < -0.4 is 10.6 Å². The summed E-state index contributed by atoms with van der Waals surface area (Å²) in [6, 6.07) is 6.17. The van der Waals surface area contributed by atoms with E-state index in [0.717, 1.165) is 25.7 Å². The van der Waals surface area contributed by atoms with Crippen LogP contribution in [0.15, 0.2) is 30.6 Å². The predicted octanol–water partition coefficient (Wildman–Crippen LogP) is 1.80. The summed E-state index contributed by atoms with van der Waals surface area (Å²) in [6.07, 6.45) is 6.62. The molecule has 2 amide bonds. The maximum atomic E-state index is 13.2. The van der Waals surface area contributed by atoms with Crippen LogP contribution in [0.4, 0.5) is 4.39 Å². The van der Waals surface area contributed by atoms with Crippen molar-refractivity contribution in [1.29, 1.82) is 0 Å². The van der Waals surface area contributed by atoms with E-state index in [2.05, 4.69) is 20.7 Å². The quantitative estimate of drug-likeness (QED) is 0.823. The van der Waals surface area contributed by atoms with E-state index in [-0.39, 0.29) is 42.6 Å². The average Bonchev–Trinajstić information content (AvgIpc) is 3.09. The van der Waals surface area contributed by atoms with Crippen molar-refractivity contribution in [2.24, 2.45) is 0 Å². The largest absolute Gasteiger partial charge is 0.350 e. The normalized spacial score (nSPS) is 14.8. The van der Waals surface area contributed by atoms with Gasteiger partial charge in [-0.3, -0.25) is 9.59 Å². The molecular formula is C18H22FN5O2. The van der Waals surface area contributed by atoms with E-state index >= 15 is 0 Å². The highest BCUT2D eigenvalue weighted by atomic mass is 19.1. The smallest absolute Gasteiger partial charge is 0.289 e. The molecule has 138 valence electrons. The predicted molar refractivity (Wildman–Crippen MR) is 92.6 cm³/mol. The number of nitrogens with one attached hydrogen (secondary N) is 2. The van der Waals surface area contributed by atoms with Gasteiger partial charge in [-0.25, -0.2) is 14.1 Å². The molecule has 1 aliphatic carbocycles. The number of rotatable bonds is 6. The Morgan fingerprint density at radius 1 is 1.23 bits per heavy atom. The lowest BCUT2D eigenvalue weighted by atomic mass is 9.95. The lowest BCUT2D eigenvalue weighted by molar-refractivity contribution is -0.122. The van der Waals surface area contributed by atoms with Crippen LogP contribution in [-0.2, 0) is 17.9 Å². The van der Waals surface area contributed by atoms with E-state index in [1.165, 1.54) is 29.6 Å². The minimum Gasteiger partial charge on any atom is -0.350 e. The fourth-order valence-electron chi connectivity index (χ4n) is 3.09. The highest BCUT2D eigenvalue weighted by molar-refractivity contribution is 5.91. The van der Waals surface area contributed by atoms with Crippen molar-refractivity contribution in [2.75, 3.05) is 0 Å². The standard InChI is InChI=1S/C18H22FN5O2/c19-14-6-4-5-13(9-14)10-20-16(25)11-24-17(21-12-22-24)18(26)23-15-7-2-1-3-8-15/h4-6,9,12,15H,1-3,7-8,10-11H2,(H,20,25)(H,23,26). The molecule has 1 aromatic carbocycles. The number of carbonyl (C=O) groups is 2. The van der Waals surface area contributed by atoms with E-state index in [0.29, 0.717) is 5.56 Å². The maximum Gasteiger partial charge on any atom is 0.289 e. The molecule has 0 unspecified atom stereocenters. The van der Waals surface area contributed by atoms with Crippen molar-refractivity contribution < 1.29 is 14.0 Å². The van der Waals surface area contributed by atoms with Crippen LogP contribution in [0.2, 0.25) is 0 Å². The first-order valence-electron chi connectivity index (χ1n) is 8.81. The molecule has 1 heterocycles. The van der Waals surface area contributed by atoms with Gasteiger partial charge < -0.3 is 10.6 Å². The van der Waals surface area contributed by atoms with Gasteiger partial charge in [0.15, 0.2) is 0 Å². The topological polar surface area (TPSA) is 88.9 Å². The van der Waals surface area contributed by atoms with Crippen molar-refractivity contribution in [1.82, 2.24) is 25.4 Å². The Morgan fingerprint density at radius 3 is 2.81 bits per heavy atom. The summed E-state index contributed by atoms with van der Waals surface area (Å²) in [5.74, 6) is -0.870. The Labute approximate surface area is 151 Å². The molecule has 1 aliphatic rings. The van der Waals surface area contributed by atoms with Crippen LogP contribution in [0.5, 0.6) is 0 Å². The van der Waals surface area contributed by atoms with Crippen LogP contribution in [0.25, 0.3) is 0 Å². The number of carbonyl (C=O) groups excluding carboxylic acids is 2. The van der Waals surface area contributed by atoms with Gasteiger partial charge in [0.05, 0.1) is 0 Å². The van der Waals surface area contributed by atoms with Crippen molar-refractivity contribution in [3.05, 3.63) is 47.8 Å². The van der Waals surface area contributed by atoms with E-state index in [9.17, 15) is 14.0 Å². The lowest BCUT2D eigenvalue weighted by Gasteiger charge is -2.22. The summed E-state index contributed by atoms with van der Waals surface area (Å²) in [7, 11) is 0. The Morgan fingerprint density at radius 2 is 2.04 bits per heavy atom. The second kappa shape index (κ2) is 8.55. The Kier molecular flexibility index (Phi) is 5.93. The zero-order valence-corrected chi connectivity index (χ0v) is 14.4. The Bertz CT molecular complexity index is 770. The molecular weight excluding hydrogens is 337 g/mol. The number of benzene rings is 1. The maximum absolute atomic E-state index is 13.2. The molecule has 1 fully saturated rings. The highest BCUT2D eigenvalue weighted by Crippen LogP contribution is 2.17. The SMILES string of the molecule is O=C(Cn1ncnc1C(=O)NC1CCCCC1)NCc1cccc(F)c1. The monoisotopic (exact) mass is 359 g/mol. The number of hydrogen-bond acceptors (Lipinski definition) is 4. The second-order valence-electron chi connectivity index (χ2n) is 6.46. The van der Waals surface area contributed by atoms with Gasteiger partial charge in [-0.2, -0.15) is 5.10 Å². The third kappa shape index (κ3) is 4.87. The Hall–Kier alpha value is -2.77. The molecule has 0 aliphatic heterocycles. The van der Waals surface area contributed by atoms with Crippen LogP contribution >= 0.6 is 0 Å². The molecule has 1 aromatic heterocycles. The third-order valence-corrected chi connectivity index (χ3v) is 4.43. The van der Waals surface area contributed by atoms with Gasteiger partial charge in [0.1, 0.15) is 18.7 Å². The van der Waals surface area contributed by atoms with E-state index < -0.39 is 0 Å². The average molecular weight is 359 g/mol. The van der Waals surface area contributed by atoms with Crippen molar-refractivity contribution in [2.45, 2.75) is 51.2 Å². The number of halogens is 1. The molecule has 2 aromatic rings.